The van der Waals surface area contributed by atoms with E-state index >= 15 is 0 Å². The van der Waals surface area contributed by atoms with E-state index in [0.717, 1.165) is 25.9 Å². The molecule has 0 aliphatic rings. The molecule has 0 heterocycles. The minimum absolute atomic E-state index is 0. The van der Waals surface area contributed by atoms with Crippen molar-refractivity contribution in [3.05, 3.63) is 0 Å². The van der Waals surface area contributed by atoms with Crippen molar-refractivity contribution >= 4 is 0 Å². The van der Waals surface area contributed by atoms with Crippen molar-refractivity contribution in [2.45, 2.75) is 31.8 Å². The Hall–Kier alpha value is 5.49. The van der Waals surface area contributed by atoms with Crippen LogP contribution in [0.1, 0.15) is 19.3 Å². The monoisotopic (exact) mass is 1190 g/mol. The number of hydrogen-bond donors (Lipinski definition) is 5. The number of aliphatic hydroxyl groups excluding tert-OH is 2. The molecule has 0 aliphatic heterocycles. The van der Waals surface area contributed by atoms with Crippen LogP contribution >= 0.6 is 0 Å². The van der Waals surface area contributed by atoms with Crippen molar-refractivity contribution in [3.63, 3.8) is 0 Å². The number of nitrogens with one attached hydrogen (secondary N) is 1. The molecule has 5 N–H and O–H groups in total. The van der Waals surface area contributed by atoms with Crippen molar-refractivity contribution in [2.75, 3.05) is 47.4 Å². The summed E-state index contributed by atoms with van der Waals surface area (Å²) < 4.78 is 4.86. The summed E-state index contributed by atoms with van der Waals surface area (Å²) >= 11 is 0. The topological polar surface area (TPSA) is 105 Å². The summed E-state index contributed by atoms with van der Waals surface area (Å²) in [5.74, 6) is 0. The molecule has 0 rings (SSSR count). The third-order valence-electron chi connectivity index (χ3n) is 2.09. The molecule has 0 amide bonds. The van der Waals surface area contributed by atoms with Crippen LogP contribution in [-0.4, -0.2) is 85.4 Å². The molecule has 0 aromatic carbocycles. The van der Waals surface area contributed by atoms with Crippen LogP contribution in [0.25, 0.3) is 0 Å². The Labute approximate surface area is 284 Å². The first-order valence-corrected chi connectivity index (χ1v) is 6.49. The molecule has 0 atom stereocenters. The average molecular weight is 1190 g/mol. The van der Waals surface area contributed by atoms with E-state index in [2.05, 4.69) is 5.32 Å². The van der Waals surface area contributed by atoms with E-state index in [-0.39, 0.29) is 183 Å². The van der Waals surface area contributed by atoms with E-state index < -0.39 is 12.6 Å². The van der Waals surface area contributed by atoms with Crippen LogP contribution in [0.5, 0.6) is 0 Å². The summed E-state index contributed by atoms with van der Waals surface area (Å²) in [6.07, 6.45) is -0.0991. The maximum absolute atomic E-state index is 8.39. The van der Waals surface area contributed by atoms with Gasteiger partial charge in [0.05, 0.1) is 13.2 Å². The zero-order valence-electron chi connectivity index (χ0n) is 14.6. The van der Waals surface area contributed by atoms with E-state index in [4.69, 9.17) is 25.2 Å². The number of rotatable bonds is 10. The quantitative estimate of drug-likeness (QED) is 0.135. The Balaban J connectivity index is -0.0000000537. The number of nitrogens with zero attached hydrogens (tertiary/aromatic N) is 1. The Kier molecular flexibility index (Phi) is 64.7. The van der Waals surface area contributed by atoms with Crippen molar-refractivity contribution in [1.29, 1.82) is 0 Å². The van der Waals surface area contributed by atoms with Crippen molar-refractivity contribution in [3.8, 4) is 0 Å². The number of unbranched alkanes of at least 4 members (excludes halogenated alkanes) is 1. The van der Waals surface area contributed by atoms with Crippen molar-refractivity contribution < 1.29 is 201 Å². The van der Waals surface area contributed by atoms with Gasteiger partial charge in [0.2, 0.25) is 0 Å². The fourth-order valence-corrected chi connectivity index (χ4v) is 1.06. The standard InChI is InChI=1S/C6H15NO3.C6H15NO2.4Ac/c1-7(2)3-4-10-5-6(8)9;1-7-5-3-2-4-6(8)9;;;;/h6,8-9H,3-5H2,1-2H3;6-9H,2-5H2,1H3;;;;. The van der Waals surface area contributed by atoms with Crippen LogP contribution in [0.15, 0.2) is 0 Å². The molecule has 4 radical (unpaired) electrons. The van der Waals surface area contributed by atoms with Gasteiger partial charge in [-0.3, -0.25) is 0 Å². The molecule has 0 saturated heterocycles. The van der Waals surface area contributed by atoms with Gasteiger partial charge in [-0.05, 0) is 47.0 Å². The van der Waals surface area contributed by atoms with Crippen LogP contribution in [-0.2, 0) is 4.74 Å². The molecule has 0 unspecified atom stereocenters. The van der Waals surface area contributed by atoms with Crippen LogP contribution in [0.4, 0.5) is 0 Å². The molecule has 0 aromatic rings. The van der Waals surface area contributed by atoms with E-state index in [1.807, 2.05) is 26.0 Å². The third kappa shape index (κ3) is 52.2. The zero-order valence-corrected chi connectivity index (χ0v) is 33.5. The summed E-state index contributed by atoms with van der Waals surface area (Å²) in [6, 6.07) is 0. The molecule has 0 aromatic heterocycles. The molecule has 0 saturated carbocycles. The van der Waals surface area contributed by atoms with Gasteiger partial charge < -0.3 is 35.4 Å². The SMILES string of the molecule is CN(C)CCOCC(O)O.CNCCCCC(O)O.[Ac].[Ac].[Ac].[Ac]. The van der Waals surface area contributed by atoms with Gasteiger partial charge >= 0.3 is 0 Å². The minimum atomic E-state index is -1.35. The van der Waals surface area contributed by atoms with Crippen LogP contribution in [0, 0.1) is 176 Å². The molecule has 11 heteroatoms. The second-order valence-electron chi connectivity index (χ2n) is 4.44. The van der Waals surface area contributed by atoms with Crippen LogP contribution < -0.4 is 5.32 Å². The zero-order chi connectivity index (χ0) is 15.1. The molecule has 23 heavy (non-hydrogen) atoms. The third-order valence-corrected chi connectivity index (χ3v) is 2.09. The molecule has 130 valence electrons. The fourth-order valence-electron chi connectivity index (χ4n) is 1.06. The Morgan fingerprint density at radius 2 is 1.43 bits per heavy atom. The molecular weight excluding hydrogens is 1160 g/mol. The number of likely N-dealkylation sites (N-methyl/N-ethyl adjacent to an activating group) is 1. The second kappa shape index (κ2) is 35.0. The van der Waals surface area contributed by atoms with Gasteiger partial charge in [0.25, 0.3) is 0 Å². The van der Waals surface area contributed by atoms with Crippen LogP contribution in [0.2, 0.25) is 0 Å². The summed E-state index contributed by atoms with van der Waals surface area (Å²) in [5, 5.41) is 36.4. The predicted molar refractivity (Wildman–Crippen MR) is 73.6 cm³/mol. The summed E-state index contributed by atoms with van der Waals surface area (Å²) in [7, 11) is 5.74. The summed E-state index contributed by atoms with van der Waals surface area (Å²) in [5.41, 5.74) is 0. The normalized spacial score (nSPS) is 9.13. The van der Waals surface area contributed by atoms with Crippen molar-refractivity contribution in [1.82, 2.24) is 10.2 Å². The molecule has 0 bridgehead atoms. The van der Waals surface area contributed by atoms with Gasteiger partial charge in [-0.25, -0.2) is 0 Å². The Bertz CT molecular complexity index is 174. The first-order valence-electron chi connectivity index (χ1n) is 6.49. The van der Waals surface area contributed by atoms with Gasteiger partial charge in [-0.15, -0.1) is 0 Å². The molecular formula is C12H30Ac4N2O5. The van der Waals surface area contributed by atoms with E-state index in [9.17, 15) is 0 Å². The number of ether oxygens (including phenoxy) is 1. The molecule has 0 fully saturated rings. The van der Waals surface area contributed by atoms with E-state index in [1.54, 1.807) is 0 Å². The van der Waals surface area contributed by atoms with Gasteiger partial charge in [-0.1, -0.05) is 0 Å². The van der Waals surface area contributed by atoms with Gasteiger partial charge in [0.1, 0.15) is 0 Å². The van der Waals surface area contributed by atoms with Crippen LogP contribution in [0.3, 0.4) is 0 Å². The maximum atomic E-state index is 8.39. The number of aliphatic hydroxyl groups is 4. The Morgan fingerprint density at radius 3 is 1.78 bits per heavy atom. The predicted octanol–water partition coefficient (Wildman–Crippen LogP) is -1.44. The average Bonchev–Trinajstić information content (AvgIpc) is 2.30. The smallest absolute Gasteiger partial charge is 0.175 e. The summed E-state index contributed by atoms with van der Waals surface area (Å²) in [4.78, 5) is 1.96. The first kappa shape index (κ1) is 42.6. The van der Waals surface area contributed by atoms with Gasteiger partial charge in [0, 0.05) is 183 Å². The van der Waals surface area contributed by atoms with E-state index in [1.165, 1.54) is 0 Å². The largest absolute Gasteiger partial charge is 0.375 e. The fraction of sp³-hybridized carbons (Fsp3) is 1.00. The molecule has 7 nitrogen and oxygen atoms in total. The van der Waals surface area contributed by atoms with Crippen molar-refractivity contribution in [2.24, 2.45) is 0 Å². The summed E-state index contributed by atoms with van der Waals surface area (Å²) in [6.45, 7) is 2.28. The molecule has 0 spiro atoms. The minimum Gasteiger partial charge on any atom is -0.375 e. The molecule has 0 aliphatic carbocycles. The van der Waals surface area contributed by atoms with Gasteiger partial charge in [-0.2, -0.15) is 0 Å². The maximum Gasteiger partial charge on any atom is 0.175 e. The Morgan fingerprint density at radius 1 is 0.913 bits per heavy atom. The van der Waals surface area contributed by atoms with E-state index in [0.29, 0.717) is 13.0 Å². The van der Waals surface area contributed by atoms with Gasteiger partial charge in [0.15, 0.2) is 12.6 Å². The first-order chi connectivity index (χ1) is 8.90. The number of hydrogen-bond acceptors (Lipinski definition) is 7. The second-order valence-corrected chi connectivity index (χ2v) is 4.44.